The molecule has 2 aromatic carbocycles. The Hall–Kier alpha value is -2.25. The molecule has 0 aliphatic carbocycles. The highest BCUT2D eigenvalue weighted by atomic mass is 35.5. The Bertz CT molecular complexity index is 871. The number of methoxy groups -OCH3 is 1. The van der Waals surface area contributed by atoms with Crippen molar-refractivity contribution in [3.63, 3.8) is 0 Å². The van der Waals surface area contributed by atoms with Crippen molar-refractivity contribution in [1.82, 2.24) is 5.32 Å². The van der Waals surface area contributed by atoms with Crippen LogP contribution < -0.4 is 14.4 Å². The Morgan fingerprint density at radius 3 is 2.58 bits per heavy atom. The van der Waals surface area contributed by atoms with Gasteiger partial charge in [0.05, 0.1) is 19.1 Å². The van der Waals surface area contributed by atoms with Gasteiger partial charge in [-0.05, 0) is 36.2 Å². The van der Waals surface area contributed by atoms with Crippen LogP contribution >= 0.6 is 11.6 Å². The van der Waals surface area contributed by atoms with Crippen LogP contribution in [0.1, 0.15) is 5.56 Å². The average Bonchev–Trinajstić information content (AvgIpc) is 2.59. The van der Waals surface area contributed by atoms with E-state index in [1.54, 1.807) is 25.3 Å². The maximum atomic E-state index is 12.2. The predicted octanol–water partition coefficient (Wildman–Crippen LogP) is 2.47. The highest BCUT2D eigenvalue weighted by molar-refractivity contribution is 7.92. The van der Waals surface area contributed by atoms with Gasteiger partial charge in [0.15, 0.2) is 0 Å². The summed E-state index contributed by atoms with van der Waals surface area (Å²) in [5, 5.41) is 3.13. The second-order valence-electron chi connectivity index (χ2n) is 5.66. The van der Waals surface area contributed by atoms with Crippen LogP contribution in [0.2, 0.25) is 5.02 Å². The Balaban J connectivity index is 2.00. The summed E-state index contributed by atoms with van der Waals surface area (Å²) in [4.78, 5) is 12.2. The van der Waals surface area contributed by atoms with Gasteiger partial charge in [-0.3, -0.25) is 9.10 Å². The highest BCUT2D eigenvalue weighted by Gasteiger charge is 2.20. The summed E-state index contributed by atoms with van der Waals surface area (Å²) in [5.74, 6) is 0.351. The molecule has 0 radical (unpaired) electrons. The fourth-order valence-electron chi connectivity index (χ4n) is 2.46. The van der Waals surface area contributed by atoms with E-state index in [0.717, 1.165) is 21.9 Å². The number of hydrogen-bond acceptors (Lipinski definition) is 4. The van der Waals surface area contributed by atoms with Crippen LogP contribution in [0.15, 0.2) is 48.5 Å². The molecule has 0 fully saturated rings. The molecule has 0 heterocycles. The molecular weight excluding hydrogens is 376 g/mol. The molecule has 0 aliphatic rings. The summed E-state index contributed by atoms with van der Waals surface area (Å²) < 4.78 is 30.4. The number of hydrogen-bond donors (Lipinski definition) is 1. The van der Waals surface area contributed by atoms with Crippen molar-refractivity contribution in [2.75, 3.05) is 30.8 Å². The van der Waals surface area contributed by atoms with Crippen LogP contribution in [0.25, 0.3) is 0 Å². The van der Waals surface area contributed by atoms with Crippen LogP contribution in [0.5, 0.6) is 5.75 Å². The monoisotopic (exact) mass is 396 g/mol. The lowest BCUT2D eigenvalue weighted by atomic mass is 10.1. The Kier molecular flexibility index (Phi) is 6.88. The first-order chi connectivity index (χ1) is 12.3. The van der Waals surface area contributed by atoms with Crippen molar-refractivity contribution in [2.24, 2.45) is 0 Å². The van der Waals surface area contributed by atoms with E-state index in [9.17, 15) is 13.2 Å². The lowest BCUT2D eigenvalue weighted by Crippen LogP contribution is -2.41. The smallest absolute Gasteiger partial charge is 0.240 e. The molecule has 26 heavy (non-hydrogen) atoms. The van der Waals surface area contributed by atoms with Crippen LogP contribution in [0.3, 0.4) is 0 Å². The third-order valence-electron chi connectivity index (χ3n) is 3.69. The van der Waals surface area contributed by atoms with Crippen molar-refractivity contribution < 1.29 is 17.9 Å². The van der Waals surface area contributed by atoms with Gasteiger partial charge in [-0.1, -0.05) is 35.9 Å². The second-order valence-corrected chi connectivity index (χ2v) is 8.00. The van der Waals surface area contributed by atoms with Crippen molar-refractivity contribution in [3.05, 3.63) is 59.1 Å². The number of halogens is 1. The molecule has 0 saturated heterocycles. The second kappa shape index (κ2) is 8.91. The summed E-state index contributed by atoms with van der Waals surface area (Å²) in [6.45, 7) is 0.0530. The predicted molar refractivity (Wildman–Crippen MR) is 103 cm³/mol. The number of para-hydroxylation sites is 1. The summed E-state index contributed by atoms with van der Waals surface area (Å²) >= 11 is 5.92. The van der Waals surface area contributed by atoms with Crippen LogP contribution in [0, 0.1) is 0 Å². The summed E-state index contributed by atoms with van der Waals surface area (Å²) in [7, 11) is -2.03. The minimum atomic E-state index is -3.62. The number of carbonyl (C=O) groups is 1. The van der Waals surface area contributed by atoms with Gasteiger partial charge in [0.25, 0.3) is 0 Å². The SMILES string of the molecule is COc1ccccc1CCNC(=O)CN(c1cccc(Cl)c1)S(C)(=O)=O. The quantitative estimate of drug-likeness (QED) is 0.743. The van der Waals surface area contributed by atoms with Gasteiger partial charge >= 0.3 is 0 Å². The van der Waals surface area contributed by atoms with Gasteiger partial charge in [-0.15, -0.1) is 0 Å². The minimum absolute atomic E-state index is 0.314. The zero-order chi connectivity index (χ0) is 19.2. The average molecular weight is 397 g/mol. The zero-order valence-corrected chi connectivity index (χ0v) is 16.2. The van der Waals surface area contributed by atoms with Crippen LogP contribution in [-0.2, 0) is 21.2 Å². The van der Waals surface area contributed by atoms with Gasteiger partial charge < -0.3 is 10.1 Å². The lowest BCUT2D eigenvalue weighted by Gasteiger charge is -2.22. The van der Waals surface area contributed by atoms with Gasteiger partial charge in [-0.2, -0.15) is 0 Å². The first-order valence-corrected chi connectivity index (χ1v) is 10.2. The van der Waals surface area contributed by atoms with E-state index >= 15 is 0 Å². The van der Waals surface area contributed by atoms with E-state index in [1.807, 2.05) is 24.3 Å². The molecule has 1 amide bonds. The number of benzene rings is 2. The summed E-state index contributed by atoms with van der Waals surface area (Å²) in [6, 6.07) is 13.9. The molecule has 2 aromatic rings. The minimum Gasteiger partial charge on any atom is -0.496 e. The summed E-state index contributed by atoms with van der Waals surface area (Å²) in [5.41, 5.74) is 1.31. The Morgan fingerprint density at radius 1 is 1.19 bits per heavy atom. The maximum absolute atomic E-state index is 12.2. The van der Waals surface area contributed by atoms with Gasteiger partial charge in [0.1, 0.15) is 12.3 Å². The van der Waals surface area contributed by atoms with Crippen molar-refractivity contribution in [3.8, 4) is 5.75 Å². The van der Waals surface area contributed by atoms with E-state index in [0.29, 0.717) is 23.7 Å². The third-order valence-corrected chi connectivity index (χ3v) is 5.07. The van der Waals surface area contributed by atoms with E-state index in [1.165, 1.54) is 6.07 Å². The molecule has 0 aromatic heterocycles. The number of sulfonamides is 1. The van der Waals surface area contributed by atoms with Gasteiger partial charge in [-0.25, -0.2) is 8.42 Å². The molecular formula is C18H21ClN2O4S. The van der Waals surface area contributed by atoms with E-state index in [2.05, 4.69) is 5.32 Å². The normalized spacial score (nSPS) is 11.0. The number of nitrogens with zero attached hydrogens (tertiary/aromatic N) is 1. The molecule has 140 valence electrons. The van der Waals surface area contributed by atoms with Gasteiger partial charge in [0.2, 0.25) is 15.9 Å². The molecule has 0 spiro atoms. The Morgan fingerprint density at radius 2 is 1.92 bits per heavy atom. The fourth-order valence-corrected chi connectivity index (χ4v) is 3.50. The lowest BCUT2D eigenvalue weighted by molar-refractivity contribution is -0.119. The third kappa shape index (κ3) is 5.64. The first-order valence-electron chi connectivity index (χ1n) is 7.93. The molecule has 0 atom stereocenters. The number of carbonyl (C=O) groups excluding carboxylic acids is 1. The number of amides is 1. The van der Waals surface area contributed by atoms with E-state index in [-0.39, 0.29) is 6.54 Å². The number of anilines is 1. The molecule has 0 saturated carbocycles. The largest absolute Gasteiger partial charge is 0.496 e. The first kappa shape index (κ1) is 20.1. The maximum Gasteiger partial charge on any atom is 0.240 e. The van der Waals surface area contributed by atoms with E-state index in [4.69, 9.17) is 16.3 Å². The standard InChI is InChI=1S/C18H21ClN2O4S/c1-25-17-9-4-3-6-14(17)10-11-20-18(22)13-21(26(2,23)24)16-8-5-7-15(19)12-16/h3-9,12H,10-11,13H2,1-2H3,(H,20,22). The highest BCUT2D eigenvalue weighted by Crippen LogP contribution is 2.21. The molecule has 6 nitrogen and oxygen atoms in total. The Labute approximate surface area is 158 Å². The molecule has 0 bridgehead atoms. The molecule has 8 heteroatoms. The van der Waals surface area contributed by atoms with Crippen LogP contribution in [0.4, 0.5) is 5.69 Å². The van der Waals surface area contributed by atoms with Crippen LogP contribution in [-0.4, -0.2) is 40.8 Å². The van der Waals surface area contributed by atoms with Crippen molar-refractivity contribution >= 4 is 33.2 Å². The summed E-state index contributed by atoms with van der Waals surface area (Å²) in [6.07, 6.45) is 1.63. The number of nitrogens with one attached hydrogen (secondary N) is 1. The molecule has 2 rings (SSSR count). The molecule has 1 N–H and O–H groups in total. The van der Waals surface area contributed by atoms with Crippen molar-refractivity contribution in [2.45, 2.75) is 6.42 Å². The molecule has 0 unspecified atom stereocenters. The number of rotatable bonds is 8. The van der Waals surface area contributed by atoms with Gasteiger partial charge in [0, 0.05) is 11.6 Å². The molecule has 0 aliphatic heterocycles. The zero-order valence-electron chi connectivity index (χ0n) is 14.6. The van der Waals surface area contributed by atoms with E-state index < -0.39 is 15.9 Å². The van der Waals surface area contributed by atoms with Crippen molar-refractivity contribution in [1.29, 1.82) is 0 Å². The number of ether oxygens (including phenoxy) is 1. The topological polar surface area (TPSA) is 75.7 Å². The fraction of sp³-hybridized carbons (Fsp3) is 0.278.